The fraction of sp³-hybridized carbons (Fsp3) is 0. The van der Waals surface area contributed by atoms with E-state index in [1.165, 1.54) is 6.07 Å². The summed E-state index contributed by atoms with van der Waals surface area (Å²) >= 11 is 0. The first-order chi connectivity index (χ1) is 10.8. The van der Waals surface area contributed by atoms with Gasteiger partial charge in [0.15, 0.2) is 0 Å². The number of aromatic amines is 1. The maximum Gasteiger partial charge on any atom is 0.150 e. The average molecular weight is 291 g/mol. The molecule has 1 aromatic heterocycles. The minimum absolute atomic E-state index is 0.196. The Bertz CT molecular complexity index is 912. The monoisotopic (exact) mass is 291 g/mol. The van der Waals surface area contributed by atoms with E-state index in [1.807, 2.05) is 48.5 Å². The number of carbonyl (C=O) groups is 1. The number of aromatic nitrogens is 1. The molecule has 0 aliphatic heterocycles. The number of H-pyrrole nitrogens is 1. The molecule has 0 aliphatic rings. The molecule has 3 heteroatoms. The summed E-state index contributed by atoms with van der Waals surface area (Å²) in [5.74, 6) is -0.196. The van der Waals surface area contributed by atoms with Crippen LogP contribution in [-0.2, 0) is 0 Å². The van der Waals surface area contributed by atoms with Crippen molar-refractivity contribution in [1.82, 2.24) is 4.98 Å². The van der Waals surface area contributed by atoms with Gasteiger partial charge in [0.1, 0.15) is 12.1 Å². The van der Waals surface area contributed by atoms with E-state index in [2.05, 4.69) is 4.98 Å². The summed E-state index contributed by atoms with van der Waals surface area (Å²) in [6.45, 7) is 0. The van der Waals surface area contributed by atoms with E-state index in [9.17, 15) is 9.18 Å². The van der Waals surface area contributed by atoms with E-state index < -0.39 is 0 Å². The first-order valence-corrected chi connectivity index (χ1v) is 6.95. The smallest absolute Gasteiger partial charge is 0.150 e. The number of fused-ring (bicyclic) bond motifs is 3. The van der Waals surface area contributed by atoms with Gasteiger partial charge in [-0.05, 0) is 12.1 Å². The third-order valence-corrected chi connectivity index (χ3v) is 3.43. The number of hydrogen-bond acceptors (Lipinski definition) is 1. The standard InChI is InChI=1S/C12H8FN.C7H6O/c13-10-6-3-5-9-8-4-1-2-7-11(8)14-12(9)10;8-6-7-4-2-1-3-5-7/h1-7,14H;1-6H. The third-order valence-electron chi connectivity index (χ3n) is 3.43. The average Bonchev–Trinajstić information content (AvgIpc) is 2.97. The van der Waals surface area contributed by atoms with Gasteiger partial charge in [0.05, 0.1) is 5.52 Å². The Balaban J connectivity index is 0.000000154. The van der Waals surface area contributed by atoms with E-state index in [0.717, 1.165) is 28.1 Å². The lowest BCUT2D eigenvalue weighted by atomic mass is 10.1. The van der Waals surface area contributed by atoms with Gasteiger partial charge >= 0.3 is 0 Å². The van der Waals surface area contributed by atoms with Crippen molar-refractivity contribution in [3.05, 3.63) is 84.2 Å². The highest BCUT2D eigenvalue weighted by Gasteiger charge is 2.05. The molecule has 0 saturated carbocycles. The third kappa shape index (κ3) is 2.74. The second-order valence-corrected chi connectivity index (χ2v) is 4.86. The van der Waals surface area contributed by atoms with Crippen molar-refractivity contribution in [3.8, 4) is 0 Å². The van der Waals surface area contributed by atoms with Crippen LogP contribution in [0.4, 0.5) is 4.39 Å². The molecular formula is C19H14FNO. The molecule has 0 bridgehead atoms. The van der Waals surface area contributed by atoms with Crippen molar-refractivity contribution in [3.63, 3.8) is 0 Å². The number of benzene rings is 3. The minimum Gasteiger partial charge on any atom is -0.352 e. The lowest BCUT2D eigenvalue weighted by Crippen LogP contribution is -1.74. The van der Waals surface area contributed by atoms with Crippen LogP contribution >= 0.6 is 0 Å². The number of halogens is 1. The van der Waals surface area contributed by atoms with E-state index in [4.69, 9.17) is 0 Å². The summed E-state index contributed by atoms with van der Waals surface area (Å²) in [7, 11) is 0. The molecule has 4 aromatic rings. The molecular weight excluding hydrogens is 277 g/mol. The van der Waals surface area contributed by atoms with Crippen LogP contribution in [0, 0.1) is 5.82 Å². The highest BCUT2D eigenvalue weighted by molar-refractivity contribution is 6.07. The van der Waals surface area contributed by atoms with Gasteiger partial charge in [0.25, 0.3) is 0 Å². The van der Waals surface area contributed by atoms with Crippen LogP contribution in [-0.4, -0.2) is 11.3 Å². The second-order valence-electron chi connectivity index (χ2n) is 4.86. The zero-order valence-electron chi connectivity index (χ0n) is 11.8. The molecule has 0 unspecified atom stereocenters. The number of rotatable bonds is 1. The molecule has 0 spiro atoms. The number of para-hydroxylation sites is 2. The van der Waals surface area contributed by atoms with Crippen molar-refractivity contribution >= 4 is 28.1 Å². The zero-order chi connectivity index (χ0) is 15.4. The van der Waals surface area contributed by atoms with Crippen LogP contribution in [0.1, 0.15) is 10.4 Å². The predicted octanol–water partition coefficient (Wildman–Crippen LogP) is 4.96. The summed E-state index contributed by atoms with van der Waals surface area (Å²) < 4.78 is 13.4. The molecule has 22 heavy (non-hydrogen) atoms. The van der Waals surface area contributed by atoms with Gasteiger partial charge in [0.2, 0.25) is 0 Å². The summed E-state index contributed by atoms with van der Waals surface area (Å²) in [5, 5.41) is 2.02. The fourth-order valence-electron chi connectivity index (χ4n) is 2.37. The molecule has 4 rings (SSSR count). The molecule has 1 N–H and O–H groups in total. The highest BCUT2D eigenvalue weighted by Crippen LogP contribution is 2.26. The largest absolute Gasteiger partial charge is 0.352 e. The Kier molecular flexibility index (Phi) is 3.97. The predicted molar refractivity (Wildman–Crippen MR) is 87.6 cm³/mol. The molecule has 0 radical (unpaired) electrons. The van der Waals surface area contributed by atoms with Gasteiger partial charge < -0.3 is 4.98 Å². The summed E-state index contributed by atoms with van der Waals surface area (Å²) in [6.07, 6.45) is 0.833. The van der Waals surface area contributed by atoms with Gasteiger partial charge in [0, 0.05) is 21.9 Å². The van der Waals surface area contributed by atoms with Crippen molar-refractivity contribution < 1.29 is 9.18 Å². The molecule has 0 fully saturated rings. The summed E-state index contributed by atoms with van der Waals surface area (Å²) in [4.78, 5) is 13.1. The Hall–Kier alpha value is -2.94. The Morgan fingerprint density at radius 1 is 0.773 bits per heavy atom. The van der Waals surface area contributed by atoms with Crippen LogP contribution in [0.15, 0.2) is 72.8 Å². The molecule has 0 atom stereocenters. The maximum absolute atomic E-state index is 13.4. The fourth-order valence-corrected chi connectivity index (χ4v) is 2.37. The molecule has 0 saturated heterocycles. The van der Waals surface area contributed by atoms with Crippen molar-refractivity contribution in [1.29, 1.82) is 0 Å². The Labute approximate surface area is 127 Å². The van der Waals surface area contributed by atoms with Crippen LogP contribution in [0.5, 0.6) is 0 Å². The zero-order valence-corrected chi connectivity index (χ0v) is 11.8. The molecule has 1 heterocycles. The highest BCUT2D eigenvalue weighted by atomic mass is 19.1. The molecule has 2 nitrogen and oxygen atoms in total. The first kappa shape index (κ1) is 14.0. The van der Waals surface area contributed by atoms with Crippen molar-refractivity contribution in [2.75, 3.05) is 0 Å². The van der Waals surface area contributed by atoms with Crippen molar-refractivity contribution in [2.24, 2.45) is 0 Å². The Morgan fingerprint density at radius 3 is 2.18 bits per heavy atom. The lowest BCUT2D eigenvalue weighted by molar-refractivity contribution is 0.112. The molecule has 0 amide bonds. The second kappa shape index (κ2) is 6.22. The minimum atomic E-state index is -0.196. The lowest BCUT2D eigenvalue weighted by Gasteiger charge is -1.90. The quantitative estimate of drug-likeness (QED) is 0.494. The number of aldehydes is 1. The van der Waals surface area contributed by atoms with Gasteiger partial charge in [-0.25, -0.2) is 4.39 Å². The topological polar surface area (TPSA) is 32.9 Å². The van der Waals surface area contributed by atoms with Gasteiger partial charge in [-0.1, -0.05) is 60.7 Å². The van der Waals surface area contributed by atoms with Crippen LogP contribution in [0.2, 0.25) is 0 Å². The first-order valence-electron chi connectivity index (χ1n) is 6.95. The molecule has 3 aromatic carbocycles. The van der Waals surface area contributed by atoms with Crippen LogP contribution < -0.4 is 0 Å². The van der Waals surface area contributed by atoms with E-state index >= 15 is 0 Å². The van der Waals surface area contributed by atoms with E-state index in [-0.39, 0.29) is 5.82 Å². The molecule has 108 valence electrons. The number of carbonyl (C=O) groups excluding carboxylic acids is 1. The SMILES string of the molecule is Fc1cccc2c1[nH]c1ccccc12.O=Cc1ccccc1. The maximum atomic E-state index is 13.4. The summed E-state index contributed by atoms with van der Waals surface area (Å²) in [6, 6.07) is 22.1. The van der Waals surface area contributed by atoms with Crippen LogP contribution in [0.3, 0.4) is 0 Å². The van der Waals surface area contributed by atoms with E-state index in [0.29, 0.717) is 5.52 Å². The Morgan fingerprint density at radius 2 is 1.45 bits per heavy atom. The normalized spacial score (nSPS) is 10.2. The van der Waals surface area contributed by atoms with Gasteiger partial charge in [-0.2, -0.15) is 0 Å². The number of nitrogens with one attached hydrogen (secondary N) is 1. The van der Waals surface area contributed by atoms with Crippen molar-refractivity contribution in [2.45, 2.75) is 0 Å². The molecule has 0 aliphatic carbocycles. The summed E-state index contributed by atoms with van der Waals surface area (Å²) in [5.41, 5.74) is 2.30. The van der Waals surface area contributed by atoms with Gasteiger partial charge in [-0.3, -0.25) is 4.79 Å². The van der Waals surface area contributed by atoms with E-state index in [1.54, 1.807) is 18.2 Å². The number of hydrogen-bond donors (Lipinski definition) is 1. The van der Waals surface area contributed by atoms with Gasteiger partial charge in [-0.15, -0.1) is 0 Å². The van der Waals surface area contributed by atoms with Crippen LogP contribution in [0.25, 0.3) is 21.8 Å².